The molecule has 0 saturated heterocycles. The third kappa shape index (κ3) is 5.91. The molecule has 0 atom stereocenters. The maximum absolute atomic E-state index is 10.9. The molecule has 0 unspecified atom stereocenters. The number of rotatable bonds is 3. The monoisotopic (exact) mass is 1240 g/mol. The van der Waals surface area contributed by atoms with Gasteiger partial charge in [-0.05, 0) is 131 Å². The van der Waals surface area contributed by atoms with Crippen molar-refractivity contribution in [3.8, 4) is 50.3 Å². The normalized spacial score (nSPS) is 14.1. The predicted octanol–water partition coefficient (Wildman–Crippen LogP) is 17.8. The van der Waals surface area contributed by atoms with Crippen molar-refractivity contribution in [2.45, 2.75) is 10.8 Å². The van der Waals surface area contributed by atoms with Crippen molar-refractivity contribution in [2.75, 3.05) is 0 Å². The largest absolute Gasteiger partial charge is 0.569 e. The topological polar surface area (TPSA) is 122 Å². The van der Waals surface area contributed by atoms with Crippen LogP contribution in [0.2, 0.25) is 0 Å². The lowest BCUT2D eigenvalue weighted by Gasteiger charge is -2.31. The Kier molecular flexibility index (Phi) is 9.89. The van der Waals surface area contributed by atoms with E-state index >= 15 is 0 Å². The van der Waals surface area contributed by atoms with Gasteiger partial charge in [0.05, 0.1) is 15.3 Å². The van der Waals surface area contributed by atoms with Crippen LogP contribution in [0.4, 0.5) is 0 Å². The van der Waals surface area contributed by atoms with E-state index in [-0.39, 0.29) is 0 Å². The van der Waals surface area contributed by atoms with Gasteiger partial charge in [-0.15, -0.1) is 0 Å². The first-order valence-corrected chi connectivity index (χ1v) is 30.0. The summed E-state index contributed by atoms with van der Waals surface area (Å²) in [6.07, 6.45) is 0. The van der Waals surface area contributed by atoms with Gasteiger partial charge in [0.2, 0.25) is 0 Å². The van der Waals surface area contributed by atoms with Gasteiger partial charge >= 0.3 is 14.8 Å². The fourth-order valence-electron chi connectivity index (χ4n) is 16.0. The van der Waals surface area contributed by atoms with Crippen LogP contribution >= 0.6 is 31.9 Å². The zero-order chi connectivity index (χ0) is 57.1. The molecule has 0 aliphatic heterocycles. The third-order valence-electron chi connectivity index (χ3n) is 19.0. The van der Waals surface area contributed by atoms with E-state index in [0.717, 1.165) is 119 Å². The maximum atomic E-state index is 10.9. The highest BCUT2D eigenvalue weighted by Gasteiger charge is 2.56. The quantitative estimate of drug-likeness (QED) is 0.150. The molecule has 12 aromatic carbocycles. The number of furan rings is 4. The van der Waals surface area contributed by atoms with E-state index in [2.05, 4.69) is 153 Å². The van der Waals surface area contributed by atoms with Crippen LogP contribution in [0.15, 0.2) is 245 Å². The third-order valence-corrected chi connectivity index (χ3v) is 20.2. The second-order valence-corrected chi connectivity index (χ2v) is 24.4. The first kappa shape index (κ1) is 48.9. The van der Waals surface area contributed by atoms with Crippen molar-refractivity contribution in [1.29, 1.82) is 0 Å². The molecule has 4 aliphatic rings. The molecule has 4 aliphatic carbocycles. The summed E-state index contributed by atoms with van der Waals surface area (Å²) in [7, 11) is -1.07. The van der Waals surface area contributed by atoms with Crippen LogP contribution in [-0.2, 0) is 10.8 Å². The van der Waals surface area contributed by atoms with Crippen molar-refractivity contribution in [3.05, 3.63) is 272 Å². The van der Waals surface area contributed by atoms with Crippen molar-refractivity contribution < 1.29 is 37.4 Å². The van der Waals surface area contributed by atoms with Gasteiger partial charge < -0.3 is 37.4 Å². The molecule has 0 fully saturated rings. The highest BCUT2D eigenvalue weighted by atomic mass is 79.9. The maximum Gasteiger partial charge on any atom is 0.569 e. The lowest BCUT2D eigenvalue weighted by atomic mass is 9.68. The number of para-hydroxylation sites is 4. The molecule has 86 heavy (non-hydrogen) atoms. The summed E-state index contributed by atoms with van der Waals surface area (Å²) in [5.41, 5.74) is 22.8. The van der Waals surface area contributed by atoms with E-state index in [1.54, 1.807) is 0 Å². The van der Waals surface area contributed by atoms with Crippen LogP contribution in [0, 0.1) is 0 Å². The Morgan fingerprint density at radius 1 is 0.349 bits per heavy atom. The predicted molar refractivity (Wildman–Crippen MR) is 348 cm³/mol. The molecular weight excluding hydrogens is 1200 g/mol. The van der Waals surface area contributed by atoms with Gasteiger partial charge in [0.15, 0.2) is 5.58 Å². The fourth-order valence-corrected chi connectivity index (χ4v) is 17.1. The second-order valence-electron chi connectivity index (χ2n) is 22.7. The first-order valence-electron chi connectivity index (χ1n) is 28.4. The van der Waals surface area contributed by atoms with E-state index in [1.165, 1.54) is 38.9 Å². The van der Waals surface area contributed by atoms with Crippen molar-refractivity contribution >= 4 is 140 Å². The zero-order valence-corrected chi connectivity index (χ0v) is 48.3. The van der Waals surface area contributed by atoms with Gasteiger partial charge in [0.25, 0.3) is 0 Å². The number of hydrogen-bond acceptors (Lipinski definition) is 8. The second kappa shape index (κ2) is 17.4. The zero-order valence-electron chi connectivity index (χ0n) is 45.1. The van der Waals surface area contributed by atoms with Gasteiger partial charge in [-0.3, -0.25) is 0 Å². The van der Waals surface area contributed by atoms with Crippen LogP contribution in [0.3, 0.4) is 0 Å². The Morgan fingerprint density at radius 3 is 1.17 bits per heavy atom. The Hall–Kier alpha value is -9.39. The summed E-state index contributed by atoms with van der Waals surface area (Å²) >= 11 is 7.96. The number of hydrogen-bond donors (Lipinski definition) is 3. The molecule has 0 bridgehead atoms. The average Bonchev–Trinajstić information content (AvgIpc) is 1.50. The molecule has 1 radical (unpaired) electrons. The van der Waals surface area contributed by atoms with Gasteiger partial charge in [-0.25, -0.2) is 0 Å². The molecule has 403 valence electrons. The summed E-state index contributed by atoms with van der Waals surface area (Å²) in [6.45, 7) is 0. The molecule has 8 nitrogen and oxygen atoms in total. The molecule has 20 rings (SSSR count). The minimum atomic E-state index is -1.75. The summed E-state index contributed by atoms with van der Waals surface area (Å²) in [5, 5.41) is 39.4. The average molecular weight is 1240 g/mol. The van der Waals surface area contributed by atoms with Crippen LogP contribution in [-0.4, -0.2) is 29.9 Å². The summed E-state index contributed by atoms with van der Waals surface area (Å²) in [6, 6.07) is 75.2. The Balaban J connectivity index is 0.000000126. The number of halogens is 2. The van der Waals surface area contributed by atoms with E-state index in [0.29, 0.717) is 46.6 Å². The Bertz CT molecular complexity index is 5640. The highest BCUT2D eigenvalue weighted by molar-refractivity contribution is 9.11. The molecule has 3 N–H and O–H groups in total. The van der Waals surface area contributed by atoms with E-state index in [4.69, 9.17) is 22.3 Å². The highest BCUT2D eigenvalue weighted by Crippen LogP contribution is 2.69. The molecular formula is C74H39B2Br2O8. The van der Waals surface area contributed by atoms with Crippen LogP contribution < -0.4 is 10.1 Å². The molecule has 12 heteroatoms. The van der Waals surface area contributed by atoms with E-state index in [1.807, 2.05) is 97.1 Å². The Labute approximate surface area is 506 Å². The van der Waals surface area contributed by atoms with Gasteiger partial charge in [0, 0.05) is 69.8 Å². The lowest BCUT2D eigenvalue weighted by Crippen LogP contribution is -2.33. The van der Waals surface area contributed by atoms with Crippen LogP contribution in [0.5, 0.6) is 5.75 Å². The molecule has 4 heterocycles. The van der Waals surface area contributed by atoms with Crippen molar-refractivity contribution in [2.24, 2.45) is 0 Å². The van der Waals surface area contributed by atoms with Gasteiger partial charge in [-0.1, -0.05) is 192 Å². The molecule has 0 saturated carbocycles. The SMILES string of the molecule is Brc1cc2c(c3c1oc1ccccc13)-c1c(cc(Br)c3c1oc1ccccc13)C21c2ccccc2-c2ccccc21.O[B]Oc1cc2c(c3c1oc1ccccc13)-c1c(cc(B(O)O)c3c1oc1ccccc13)C21c2ccccc2-c2ccccc21. The molecule has 4 aromatic heterocycles. The van der Waals surface area contributed by atoms with Crippen molar-refractivity contribution in [3.63, 3.8) is 0 Å². The smallest absolute Gasteiger partial charge is 0.535 e. The fraction of sp³-hybridized carbons (Fsp3) is 0.0270. The van der Waals surface area contributed by atoms with Crippen molar-refractivity contribution in [1.82, 2.24) is 0 Å². The first-order chi connectivity index (χ1) is 42.3. The van der Waals surface area contributed by atoms with Gasteiger partial charge in [-0.2, -0.15) is 0 Å². The minimum Gasteiger partial charge on any atom is -0.535 e. The summed E-state index contributed by atoms with van der Waals surface area (Å²) < 4.78 is 34.2. The lowest BCUT2D eigenvalue weighted by molar-refractivity contribution is 0.426. The summed E-state index contributed by atoms with van der Waals surface area (Å²) in [4.78, 5) is 0. The Morgan fingerprint density at radius 2 is 0.698 bits per heavy atom. The van der Waals surface area contributed by atoms with E-state index < -0.39 is 17.9 Å². The van der Waals surface area contributed by atoms with E-state index in [9.17, 15) is 15.1 Å². The molecule has 2 spiro atoms. The van der Waals surface area contributed by atoms with Gasteiger partial charge in [0.1, 0.15) is 44.8 Å². The molecule has 0 amide bonds. The number of benzene rings is 12. The standard InChI is InChI=1S/C37H21B2O6.C37H18Br2O2/c40-38-45-30-18-26-33(32-22-12-4-8-16-29(22)43-35(30)32)34-25(17-27(39(41)42)31-21-11-3-7-15-28(21)44-36(31)34)37(26)23-13-5-1-9-19(23)20-10-2-6-14-24(20)37;38-27-17-26-34(36-31(27)21-11-3-7-15-29(21)41-36)33-25(18-28(39)35-32(33)22-12-4-8-16-30(22)40-35)37(26)23-13-5-1-9-19(23)20-10-2-6-14-24(20)37/h1-18,40-42H;1-18H. The van der Waals surface area contributed by atoms with Crippen LogP contribution in [0.25, 0.3) is 132 Å². The van der Waals surface area contributed by atoms with Crippen LogP contribution in [0.1, 0.15) is 44.5 Å². The molecule has 16 aromatic rings. The minimum absolute atomic E-state index is 0.371. The number of fused-ring (bicyclic) bond motifs is 36. The summed E-state index contributed by atoms with van der Waals surface area (Å²) in [5.74, 6) is 0.375.